The number of rotatable bonds is 4. The molecule has 0 amide bonds. The van der Waals surface area contributed by atoms with Crippen LogP contribution >= 0.6 is 0 Å². The maximum atomic E-state index is 13.2. The highest BCUT2D eigenvalue weighted by Gasteiger charge is 2.56. The quantitative estimate of drug-likeness (QED) is 0.629. The van der Waals surface area contributed by atoms with Crippen LogP contribution in [0.5, 0.6) is 0 Å². The third-order valence-corrected chi connectivity index (χ3v) is 5.13. The van der Waals surface area contributed by atoms with Gasteiger partial charge in [0.2, 0.25) is 5.54 Å². The van der Waals surface area contributed by atoms with Crippen LogP contribution in [0.2, 0.25) is 0 Å². The number of benzene rings is 2. The van der Waals surface area contributed by atoms with Crippen molar-refractivity contribution in [1.29, 1.82) is 0 Å². The lowest BCUT2D eigenvalue weighted by Gasteiger charge is -2.34. The normalized spacial score (nSPS) is 21.1. The van der Waals surface area contributed by atoms with E-state index in [1.165, 1.54) is 7.11 Å². The molecular formula is C23H22N2O3. The summed E-state index contributed by atoms with van der Waals surface area (Å²) in [5, 5.41) is 0. The van der Waals surface area contributed by atoms with Crippen molar-refractivity contribution in [2.24, 2.45) is 4.99 Å². The smallest absolute Gasteiger partial charge is 0.341 e. The first-order valence-electron chi connectivity index (χ1n) is 9.17. The Morgan fingerprint density at radius 3 is 2.36 bits per heavy atom. The number of carbonyl (C=O) groups is 1. The largest absolute Gasteiger partial charge is 0.467 e. The minimum absolute atomic E-state index is 0.427. The molecule has 0 saturated carbocycles. The minimum Gasteiger partial charge on any atom is -0.467 e. The maximum Gasteiger partial charge on any atom is 0.341 e. The van der Waals surface area contributed by atoms with Crippen molar-refractivity contribution < 1.29 is 13.9 Å². The van der Waals surface area contributed by atoms with E-state index in [9.17, 15) is 4.79 Å². The molecule has 0 saturated heterocycles. The van der Waals surface area contributed by atoms with Crippen molar-refractivity contribution in [2.45, 2.75) is 25.4 Å². The van der Waals surface area contributed by atoms with E-state index < -0.39 is 17.6 Å². The molecule has 0 aliphatic carbocycles. The lowest BCUT2D eigenvalue weighted by Crippen LogP contribution is -2.43. The number of hydrogen-bond donors (Lipinski definition) is 0. The number of methoxy groups -OCH3 is 1. The first-order valence-corrected chi connectivity index (χ1v) is 9.17. The van der Waals surface area contributed by atoms with Crippen molar-refractivity contribution >= 4 is 18.0 Å². The zero-order chi connectivity index (χ0) is 19.7. The highest BCUT2D eigenvalue weighted by Crippen LogP contribution is 2.48. The molecule has 1 aliphatic rings. The average Bonchev–Trinajstić information content (AvgIpc) is 3.33. The summed E-state index contributed by atoms with van der Waals surface area (Å²) in [5.41, 5.74) is 1.58. The van der Waals surface area contributed by atoms with Gasteiger partial charge >= 0.3 is 5.97 Å². The van der Waals surface area contributed by atoms with Crippen LogP contribution in [-0.4, -0.2) is 19.4 Å². The Morgan fingerprint density at radius 1 is 1.04 bits per heavy atom. The van der Waals surface area contributed by atoms with Crippen molar-refractivity contribution in [1.82, 2.24) is 0 Å². The van der Waals surface area contributed by atoms with Crippen molar-refractivity contribution in [3.8, 4) is 0 Å². The van der Waals surface area contributed by atoms with E-state index in [0.29, 0.717) is 5.76 Å². The molecule has 28 heavy (non-hydrogen) atoms. The molecule has 5 nitrogen and oxygen atoms in total. The molecule has 1 aliphatic heterocycles. The molecule has 0 N–H and O–H groups in total. The lowest BCUT2D eigenvalue weighted by atomic mass is 9.82. The summed E-state index contributed by atoms with van der Waals surface area (Å²) >= 11 is 0. The standard InChI is InChI=1S/C23H22N2O3/c1-16-9-12-19(13-10-16)25-15-24-23(22(26)27-3,18-7-5-4-6-8-18)21(25)20-14-11-17(2)28-20/h4-15,21H,1-3H3. The number of furan rings is 1. The number of esters is 1. The van der Waals surface area contributed by atoms with E-state index >= 15 is 0 Å². The first-order chi connectivity index (χ1) is 13.6. The van der Waals surface area contributed by atoms with Crippen LogP contribution in [0.3, 0.4) is 0 Å². The predicted octanol–water partition coefficient (Wildman–Crippen LogP) is 4.55. The first kappa shape index (κ1) is 18.0. The fraction of sp³-hybridized carbons (Fsp3) is 0.217. The molecule has 5 heteroatoms. The fourth-order valence-electron chi connectivity index (χ4n) is 3.73. The molecule has 1 aromatic heterocycles. The van der Waals surface area contributed by atoms with Gasteiger partial charge in [0.25, 0.3) is 0 Å². The molecule has 4 rings (SSSR count). The van der Waals surface area contributed by atoms with E-state index in [2.05, 4.69) is 0 Å². The molecule has 2 unspecified atom stereocenters. The number of aliphatic imine (C=N–C) groups is 1. The monoisotopic (exact) mass is 374 g/mol. The van der Waals surface area contributed by atoms with Crippen molar-refractivity contribution in [2.75, 3.05) is 12.0 Å². The maximum absolute atomic E-state index is 13.2. The molecule has 0 spiro atoms. The Hall–Kier alpha value is -3.34. The summed E-state index contributed by atoms with van der Waals surface area (Å²) in [4.78, 5) is 19.8. The molecule has 2 aromatic carbocycles. The highest BCUT2D eigenvalue weighted by molar-refractivity contribution is 5.94. The van der Waals surface area contributed by atoms with Gasteiger partial charge in [0, 0.05) is 5.69 Å². The number of nitrogens with zero attached hydrogens (tertiary/aromatic N) is 2. The van der Waals surface area contributed by atoms with Gasteiger partial charge < -0.3 is 14.1 Å². The Bertz CT molecular complexity index is 1010. The van der Waals surface area contributed by atoms with Crippen LogP contribution < -0.4 is 4.90 Å². The number of aryl methyl sites for hydroxylation is 2. The number of hydrogen-bond acceptors (Lipinski definition) is 5. The van der Waals surface area contributed by atoms with Crippen LogP contribution in [0, 0.1) is 13.8 Å². The van der Waals surface area contributed by atoms with Gasteiger partial charge in [0.05, 0.1) is 13.4 Å². The molecule has 0 bridgehead atoms. The van der Waals surface area contributed by atoms with Crippen LogP contribution in [0.15, 0.2) is 76.1 Å². The van der Waals surface area contributed by atoms with E-state index in [4.69, 9.17) is 14.1 Å². The van der Waals surface area contributed by atoms with E-state index in [1.807, 2.05) is 85.5 Å². The van der Waals surface area contributed by atoms with Gasteiger partial charge in [-0.2, -0.15) is 0 Å². The molecular weight excluding hydrogens is 352 g/mol. The Morgan fingerprint density at radius 2 is 1.75 bits per heavy atom. The molecule has 0 fully saturated rings. The van der Waals surface area contributed by atoms with Crippen LogP contribution in [0.25, 0.3) is 0 Å². The average molecular weight is 374 g/mol. The fourth-order valence-corrected chi connectivity index (χ4v) is 3.73. The molecule has 0 radical (unpaired) electrons. The summed E-state index contributed by atoms with van der Waals surface area (Å²) in [6, 6.07) is 20.9. The Labute approximate surface area is 164 Å². The molecule has 3 aromatic rings. The van der Waals surface area contributed by atoms with E-state index in [1.54, 1.807) is 6.34 Å². The predicted molar refractivity (Wildman–Crippen MR) is 108 cm³/mol. The van der Waals surface area contributed by atoms with Gasteiger partial charge in [-0.15, -0.1) is 0 Å². The second kappa shape index (κ2) is 7.00. The third kappa shape index (κ3) is 2.80. The van der Waals surface area contributed by atoms with Crippen LogP contribution in [-0.2, 0) is 15.1 Å². The number of anilines is 1. The third-order valence-electron chi connectivity index (χ3n) is 5.13. The number of carbonyl (C=O) groups excluding carboxylic acids is 1. The van der Waals surface area contributed by atoms with Gasteiger partial charge in [-0.05, 0) is 43.7 Å². The van der Waals surface area contributed by atoms with Crippen LogP contribution in [0.4, 0.5) is 5.69 Å². The van der Waals surface area contributed by atoms with Gasteiger partial charge in [-0.1, -0.05) is 48.0 Å². The second-order valence-electron chi connectivity index (χ2n) is 6.96. The molecule has 2 atom stereocenters. The zero-order valence-electron chi connectivity index (χ0n) is 16.1. The van der Waals surface area contributed by atoms with E-state index in [0.717, 1.165) is 22.6 Å². The zero-order valence-corrected chi connectivity index (χ0v) is 16.1. The van der Waals surface area contributed by atoms with Gasteiger partial charge in [-0.3, -0.25) is 0 Å². The molecule has 142 valence electrons. The van der Waals surface area contributed by atoms with Crippen molar-refractivity contribution in [3.05, 3.63) is 89.4 Å². The number of ether oxygens (including phenoxy) is 1. The van der Waals surface area contributed by atoms with Gasteiger partial charge in [0.1, 0.15) is 17.6 Å². The topological polar surface area (TPSA) is 55.0 Å². The molecule has 2 heterocycles. The van der Waals surface area contributed by atoms with Crippen molar-refractivity contribution in [3.63, 3.8) is 0 Å². The van der Waals surface area contributed by atoms with E-state index in [-0.39, 0.29) is 0 Å². The van der Waals surface area contributed by atoms with Gasteiger partial charge in [0.15, 0.2) is 0 Å². The second-order valence-corrected chi connectivity index (χ2v) is 6.96. The lowest BCUT2D eigenvalue weighted by molar-refractivity contribution is -0.148. The Balaban J connectivity index is 1.93. The summed E-state index contributed by atoms with van der Waals surface area (Å²) in [5.74, 6) is 1.01. The summed E-state index contributed by atoms with van der Waals surface area (Å²) in [6.07, 6.45) is 1.71. The Kier molecular flexibility index (Phi) is 4.51. The van der Waals surface area contributed by atoms with Gasteiger partial charge in [-0.25, -0.2) is 9.79 Å². The van der Waals surface area contributed by atoms with Crippen LogP contribution in [0.1, 0.15) is 28.7 Å². The summed E-state index contributed by atoms with van der Waals surface area (Å²) in [7, 11) is 1.39. The summed E-state index contributed by atoms with van der Waals surface area (Å²) < 4.78 is 11.2. The highest BCUT2D eigenvalue weighted by atomic mass is 16.5. The SMILES string of the molecule is COC(=O)C1(c2ccccc2)N=CN(c2ccc(C)cc2)C1c1ccc(C)o1. The minimum atomic E-state index is -1.26. The summed E-state index contributed by atoms with van der Waals surface area (Å²) in [6.45, 7) is 3.93.